The zero-order valence-corrected chi connectivity index (χ0v) is 19.9. The van der Waals surface area contributed by atoms with Gasteiger partial charge >= 0.3 is 0 Å². The van der Waals surface area contributed by atoms with Crippen LogP contribution in [0.4, 0.5) is 0 Å². The van der Waals surface area contributed by atoms with Crippen molar-refractivity contribution in [1.82, 2.24) is 15.2 Å². The lowest BCUT2D eigenvalue weighted by Gasteiger charge is -2.21. The minimum atomic E-state index is -0.139. The number of benzene rings is 2. The van der Waals surface area contributed by atoms with Gasteiger partial charge in [0.25, 0.3) is 17.0 Å². The van der Waals surface area contributed by atoms with Crippen molar-refractivity contribution in [2.24, 2.45) is 5.10 Å². The number of thiophene rings is 1. The Morgan fingerprint density at radius 1 is 1.06 bits per heavy atom. The summed E-state index contributed by atoms with van der Waals surface area (Å²) in [4.78, 5) is 14.2. The van der Waals surface area contributed by atoms with Gasteiger partial charge in [-0.3, -0.25) is 4.79 Å². The van der Waals surface area contributed by atoms with Gasteiger partial charge in [0.1, 0.15) is 0 Å². The largest absolute Gasteiger partial charge is 0.410 e. The number of rotatable bonds is 6. The lowest BCUT2D eigenvalue weighted by Crippen LogP contribution is -2.28. The number of aromatic nitrogens is 2. The van der Waals surface area contributed by atoms with Crippen LogP contribution in [0, 0.1) is 13.8 Å². The molecule has 2 aromatic carbocycles. The van der Waals surface area contributed by atoms with E-state index >= 15 is 0 Å². The van der Waals surface area contributed by atoms with E-state index in [1.54, 1.807) is 5.01 Å². The SMILES string of the molecule is Cc1ccc(C2=NN(C(=O)CSc3nnc(-c4cccs4)o3)C(c3ccc(C)cc3)C2)cc1. The monoisotopic (exact) mass is 474 g/mol. The van der Waals surface area contributed by atoms with Gasteiger partial charge < -0.3 is 4.42 Å². The van der Waals surface area contributed by atoms with Crippen LogP contribution in [-0.4, -0.2) is 32.6 Å². The predicted molar refractivity (Wildman–Crippen MR) is 131 cm³/mol. The lowest BCUT2D eigenvalue weighted by molar-refractivity contribution is -0.130. The second-order valence-corrected chi connectivity index (χ2v) is 9.80. The van der Waals surface area contributed by atoms with Gasteiger partial charge in [-0.2, -0.15) is 5.10 Å². The van der Waals surface area contributed by atoms with Crippen LogP contribution in [0.1, 0.15) is 34.7 Å². The quantitative estimate of drug-likeness (QED) is 0.326. The van der Waals surface area contributed by atoms with E-state index in [2.05, 4.69) is 72.6 Å². The second kappa shape index (κ2) is 9.33. The van der Waals surface area contributed by atoms with Crippen LogP contribution in [-0.2, 0) is 4.79 Å². The number of amides is 1. The van der Waals surface area contributed by atoms with Crippen LogP contribution in [0.5, 0.6) is 0 Å². The van der Waals surface area contributed by atoms with Gasteiger partial charge in [-0.05, 0) is 36.4 Å². The van der Waals surface area contributed by atoms with Gasteiger partial charge in [-0.25, -0.2) is 5.01 Å². The Hall–Kier alpha value is -3.23. The summed E-state index contributed by atoms with van der Waals surface area (Å²) in [5.74, 6) is 0.543. The van der Waals surface area contributed by atoms with Gasteiger partial charge in [0, 0.05) is 6.42 Å². The average molecular weight is 475 g/mol. The molecule has 0 aliphatic carbocycles. The first-order valence-electron chi connectivity index (χ1n) is 10.6. The van der Waals surface area contributed by atoms with Crippen LogP contribution in [0.25, 0.3) is 10.8 Å². The fraction of sp³-hybridized carbons (Fsp3) is 0.200. The zero-order valence-electron chi connectivity index (χ0n) is 18.3. The third-order valence-electron chi connectivity index (χ3n) is 5.47. The van der Waals surface area contributed by atoms with Gasteiger partial charge in [0.05, 0.1) is 22.4 Å². The fourth-order valence-electron chi connectivity index (χ4n) is 3.67. The summed E-state index contributed by atoms with van der Waals surface area (Å²) >= 11 is 2.77. The Balaban J connectivity index is 1.35. The van der Waals surface area contributed by atoms with Crippen molar-refractivity contribution in [2.45, 2.75) is 31.5 Å². The van der Waals surface area contributed by atoms with Gasteiger partial charge in [0.2, 0.25) is 0 Å². The molecule has 0 fully saturated rings. The summed E-state index contributed by atoms with van der Waals surface area (Å²) in [5.41, 5.74) is 5.40. The minimum absolute atomic E-state index is 0.0939. The van der Waals surface area contributed by atoms with Gasteiger partial charge in [-0.15, -0.1) is 21.5 Å². The predicted octanol–water partition coefficient (Wildman–Crippen LogP) is 5.88. The first-order chi connectivity index (χ1) is 16.1. The molecule has 0 saturated heterocycles. The first kappa shape index (κ1) is 21.6. The Morgan fingerprint density at radius 2 is 1.79 bits per heavy atom. The standard InChI is InChI=1S/C25H22N4O2S2/c1-16-5-9-18(10-6-16)20-14-21(19-11-7-17(2)8-12-19)29(28-20)23(30)15-33-25-27-26-24(31-25)22-4-3-13-32-22/h3-13,21H,14-15H2,1-2H3. The summed E-state index contributed by atoms with van der Waals surface area (Å²) in [7, 11) is 0. The Morgan fingerprint density at radius 3 is 2.48 bits per heavy atom. The highest BCUT2D eigenvalue weighted by Gasteiger charge is 2.33. The van der Waals surface area contributed by atoms with Crippen LogP contribution in [0.15, 0.2) is 80.8 Å². The van der Waals surface area contributed by atoms with E-state index in [1.807, 2.05) is 17.5 Å². The van der Waals surface area contributed by atoms with E-state index in [4.69, 9.17) is 9.52 Å². The summed E-state index contributed by atoms with van der Waals surface area (Å²) in [6, 6.07) is 20.3. The van der Waals surface area contributed by atoms with E-state index in [0.717, 1.165) is 21.7 Å². The number of aryl methyl sites for hydroxylation is 2. The molecule has 5 rings (SSSR count). The molecule has 0 spiro atoms. The van der Waals surface area contributed by atoms with Crippen molar-refractivity contribution in [2.75, 3.05) is 5.75 Å². The molecule has 1 atom stereocenters. The molecule has 1 aliphatic heterocycles. The van der Waals surface area contributed by atoms with Crippen molar-refractivity contribution in [3.63, 3.8) is 0 Å². The molecule has 0 N–H and O–H groups in total. The maximum Gasteiger partial charge on any atom is 0.277 e. The van der Waals surface area contributed by atoms with Crippen molar-refractivity contribution in [1.29, 1.82) is 0 Å². The molecular weight excluding hydrogens is 452 g/mol. The number of hydrazone groups is 1. The normalized spacial score (nSPS) is 15.6. The van der Waals surface area contributed by atoms with E-state index in [1.165, 1.54) is 34.2 Å². The molecule has 1 aliphatic rings. The van der Waals surface area contributed by atoms with E-state index in [0.29, 0.717) is 17.5 Å². The second-order valence-electron chi connectivity index (χ2n) is 7.92. The van der Waals surface area contributed by atoms with Gasteiger partial charge in [-0.1, -0.05) is 77.5 Å². The summed E-state index contributed by atoms with van der Waals surface area (Å²) < 4.78 is 5.71. The molecule has 0 bridgehead atoms. The molecule has 0 saturated carbocycles. The summed E-state index contributed by atoms with van der Waals surface area (Å²) in [6.45, 7) is 4.12. The third kappa shape index (κ3) is 4.77. The molecule has 2 aromatic heterocycles. The summed E-state index contributed by atoms with van der Waals surface area (Å²) in [6.07, 6.45) is 0.672. The van der Waals surface area contributed by atoms with E-state index in [9.17, 15) is 4.79 Å². The first-order valence-corrected chi connectivity index (χ1v) is 12.5. The molecule has 1 unspecified atom stereocenters. The summed E-state index contributed by atoms with van der Waals surface area (Å²) in [5, 5.41) is 16.9. The molecule has 0 radical (unpaired) electrons. The van der Waals surface area contributed by atoms with E-state index in [-0.39, 0.29) is 17.7 Å². The number of hydrogen-bond acceptors (Lipinski definition) is 7. The maximum absolute atomic E-state index is 13.2. The highest BCUT2D eigenvalue weighted by atomic mass is 32.2. The van der Waals surface area contributed by atoms with Crippen LogP contribution < -0.4 is 0 Å². The molecular formula is C25H22N4O2S2. The molecule has 6 nitrogen and oxygen atoms in total. The highest BCUT2D eigenvalue weighted by molar-refractivity contribution is 7.99. The molecule has 4 aromatic rings. The van der Waals surface area contributed by atoms with Crippen molar-refractivity contribution in [3.05, 3.63) is 88.3 Å². The number of carbonyl (C=O) groups excluding carboxylic acids is 1. The van der Waals surface area contributed by atoms with Crippen molar-refractivity contribution in [3.8, 4) is 10.8 Å². The highest BCUT2D eigenvalue weighted by Crippen LogP contribution is 2.34. The average Bonchev–Trinajstić information content (AvgIpc) is 3.59. The molecule has 33 heavy (non-hydrogen) atoms. The molecule has 1 amide bonds. The smallest absolute Gasteiger partial charge is 0.277 e. The topological polar surface area (TPSA) is 71.6 Å². The van der Waals surface area contributed by atoms with Crippen molar-refractivity contribution < 1.29 is 9.21 Å². The van der Waals surface area contributed by atoms with Crippen LogP contribution >= 0.6 is 23.1 Å². The Labute approximate surface area is 200 Å². The zero-order chi connectivity index (χ0) is 22.8. The van der Waals surface area contributed by atoms with E-state index < -0.39 is 0 Å². The molecule has 8 heteroatoms. The van der Waals surface area contributed by atoms with Gasteiger partial charge in [0.15, 0.2) is 0 Å². The molecule has 3 heterocycles. The fourth-order valence-corrected chi connectivity index (χ4v) is 4.93. The van der Waals surface area contributed by atoms with Crippen molar-refractivity contribution >= 4 is 34.7 Å². The number of hydrogen-bond donors (Lipinski definition) is 0. The Bertz CT molecular complexity index is 1280. The number of nitrogens with zero attached hydrogens (tertiary/aromatic N) is 4. The number of thioether (sulfide) groups is 1. The van der Waals surface area contributed by atoms with Crippen LogP contribution in [0.2, 0.25) is 0 Å². The lowest BCUT2D eigenvalue weighted by atomic mass is 9.97. The number of carbonyl (C=O) groups is 1. The minimum Gasteiger partial charge on any atom is -0.410 e. The molecule has 166 valence electrons. The third-order valence-corrected chi connectivity index (χ3v) is 7.13. The Kier molecular flexibility index (Phi) is 6.11. The van der Waals surface area contributed by atoms with Crippen LogP contribution in [0.3, 0.4) is 0 Å². The maximum atomic E-state index is 13.2.